The number of aryl methyl sites for hydroxylation is 3. The molecule has 0 bridgehead atoms. The van der Waals surface area contributed by atoms with E-state index < -0.39 is 0 Å². The molecule has 10 nitrogen and oxygen atoms in total. The van der Waals surface area contributed by atoms with Crippen LogP contribution in [0, 0.1) is 20.8 Å². The van der Waals surface area contributed by atoms with Gasteiger partial charge in [-0.25, -0.2) is 4.79 Å². The lowest BCUT2D eigenvalue weighted by Crippen LogP contribution is -2.31. The number of esters is 1. The van der Waals surface area contributed by atoms with Gasteiger partial charge in [-0.3, -0.25) is 4.79 Å². The van der Waals surface area contributed by atoms with Gasteiger partial charge in [0, 0.05) is 35.7 Å². The molecular weight excluding hydrogens is 638 g/mol. The number of phenolic OH excluding ortho intramolecular Hbond substituents is 1. The Morgan fingerprint density at radius 1 is 0.800 bits per heavy atom. The number of nitrogens with one attached hydrogen (secondary N) is 1. The number of aromatic hydroxyl groups is 1. The Balaban J connectivity index is 0. The predicted octanol–water partition coefficient (Wildman–Crippen LogP) is 7.01. The molecule has 50 heavy (non-hydrogen) atoms. The zero-order chi connectivity index (χ0) is 38.8. The number of hydrogen-bond donors (Lipinski definition) is 2. The van der Waals surface area contributed by atoms with E-state index in [1.807, 2.05) is 117 Å². The summed E-state index contributed by atoms with van der Waals surface area (Å²) in [5, 5.41) is 12.1. The van der Waals surface area contributed by atoms with E-state index in [-0.39, 0.29) is 24.3 Å². The van der Waals surface area contributed by atoms with E-state index >= 15 is 0 Å². The van der Waals surface area contributed by atoms with Crippen LogP contribution in [-0.4, -0.2) is 51.1 Å². The summed E-state index contributed by atoms with van der Waals surface area (Å²) in [6, 6.07) is 21.1. The monoisotopic (exact) mass is 689 g/mol. The third-order valence-corrected chi connectivity index (χ3v) is 7.21. The maximum absolute atomic E-state index is 13.0. The molecule has 0 fully saturated rings. The summed E-state index contributed by atoms with van der Waals surface area (Å²) in [4.78, 5) is 57.9. The third kappa shape index (κ3) is 14.6. The number of ketones is 1. The summed E-state index contributed by atoms with van der Waals surface area (Å²) in [6.45, 7) is 20.1. The van der Waals surface area contributed by atoms with E-state index in [1.165, 1.54) is 0 Å². The molecule has 1 unspecified atom stereocenters. The fourth-order valence-corrected chi connectivity index (χ4v) is 5.37. The summed E-state index contributed by atoms with van der Waals surface area (Å²) in [5.41, 5.74) is 8.24. The Bertz CT molecular complexity index is 1520. The molecule has 0 saturated heterocycles. The molecule has 2 aliphatic rings. The molecule has 5 rings (SSSR count). The van der Waals surface area contributed by atoms with Crippen molar-refractivity contribution in [2.75, 3.05) is 7.11 Å². The lowest BCUT2D eigenvalue weighted by atomic mass is 9.78. The van der Waals surface area contributed by atoms with Gasteiger partial charge in [0.05, 0.1) is 12.7 Å². The van der Waals surface area contributed by atoms with Crippen molar-refractivity contribution in [3.8, 4) is 11.5 Å². The predicted molar refractivity (Wildman–Crippen MR) is 196 cm³/mol. The van der Waals surface area contributed by atoms with Crippen LogP contribution >= 0.6 is 0 Å². The highest BCUT2D eigenvalue weighted by Gasteiger charge is 2.34. The van der Waals surface area contributed by atoms with Crippen LogP contribution < -0.4 is 10.1 Å². The molecule has 0 radical (unpaired) electrons. The first kappa shape index (κ1) is 46.5. The van der Waals surface area contributed by atoms with Crippen LogP contribution in [0.4, 0.5) is 0 Å². The number of rotatable bonds is 5. The highest BCUT2D eigenvalue weighted by molar-refractivity contribution is 6.01. The van der Waals surface area contributed by atoms with E-state index in [0.717, 1.165) is 45.0 Å². The summed E-state index contributed by atoms with van der Waals surface area (Å²) in [7, 11) is 1.65. The van der Waals surface area contributed by atoms with Crippen molar-refractivity contribution in [2.24, 2.45) is 0 Å². The van der Waals surface area contributed by atoms with Crippen LogP contribution in [0.2, 0.25) is 0 Å². The van der Waals surface area contributed by atoms with Crippen molar-refractivity contribution >= 4 is 38.9 Å². The van der Waals surface area contributed by atoms with Crippen molar-refractivity contribution in [3.05, 3.63) is 117 Å². The number of Topliss-reactive ketones (excluding diaryl/α,β-unsaturated/α-hetero) is 1. The number of carbonyl (C=O) groups excluding carboxylic acids is 6. The van der Waals surface area contributed by atoms with E-state index in [9.17, 15) is 9.59 Å². The number of benzene rings is 3. The number of para-hydroxylation sites is 1. The smallest absolute Gasteiger partial charge is 0.336 e. The van der Waals surface area contributed by atoms with Crippen LogP contribution in [0.15, 0.2) is 89.3 Å². The van der Waals surface area contributed by atoms with Crippen molar-refractivity contribution < 1.29 is 43.3 Å². The van der Waals surface area contributed by atoms with Crippen LogP contribution in [0.3, 0.4) is 0 Å². The van der Waals surface area contributed by atoms with Gasteiger partial charge < -0.3 is 39.1 Å². The highest BCUT2D eigenvalue weighted by Crippen LogP contribution is 2.41. The minimum atomic E-state index is -0.375. The molecule has 1 atom stereocenters. The molecule has 1 heterocycles. The maximum atomic E-state index is 13.0. The number of carbonyl (C=O) groups is 6. The minimum absolute atomic E-state index is 0.0516. The number of dihydropyridines is 1. The Kier molecular flexibility index (Phi) is 24.5. The quantitative estimate of drug-likeness (QED) is 0.268. The molecule has 3 aromatic carbocycles. The minimum Gasteiger partial charge on any atom is -0.508 e. The van der Waals surface area contributed by atoms with Gasteiger partial charge in [-0.15, -0.1) is 0 Å². The Morgan fingerprint density at radius 2 is 1.38 bits per heavy atom. The first-order chi connectivity index (χ1) is 24.1. The number of hydrogen-bond acceptors (Lipinski definition) is 10. The zero-order valence-corrected chi connectivity index (χ0v) is 30.3. The van der Waals surface area contributed by atoms with Gasteiger partial charge >= 0.3 is 5.97 Å². The fraction of sp³-hybridized carbons (Fsp3) is 0.300. The van der Waals surface area contributed by atoms with Gasteiger partial charge in [0.15, 0.2) is 5.78 Å². The summed E-state index contributed by atoms with van der Waals surface area (Å²) >= 11 is 0. The van der Waals surface area contributed by atoms with Gasteiger partial charge in [-0.05, 0) is 69.0 Å². The number of phenols is 1. The Hall–Kier alpha value is -5.64. The molecule has 3 aromatic rings. The molecular formula is C40H51NO9. The molecule has 0 amide bonds. The molecule has 1 aliphatic heterocycles. The lowest BCUT2D eigenvalue weighted by Gasteiger charge is -2.32. The van der Waals surface area contributed by atoms with E-state index in [0.29, 0.717) is 36.2 Å². The van der Waals surface area contributed by atoms with Gasteiger partial charge in [0.1, 0.15) is 45.3 Å². The topological polar surface area (TPSA) is 153 Å². The summed E-state index contributed by atoms with van der Waals surface area (Å²) < 4.78 is 11.1. The van der Waals surface area contributed by atoms with Crippen LogP contribution in [0.25, 0.3) is 0 Å². The van der Waals surface area contributed by atoms with Crippen molar-refractivity contribution in [2.45, 2.75) is 73.3 Å². The van der Waals surface area contributed by atoms with Gasteiger partial charge in [0.2, 0.25) is 0 Å². The third-order valence-electron chi connectivity index (χ3n) is 7.21. The second kappa shape index (κ2) is 26.3. The first-order valence-electron chi connectivity index (χ1n) is 15.6. The molecule has 0 spiro atoms. The van der Waals surface area contributed by atoms with Crippen molar-refractivity contribution in [3.63, 3.8) is 0 Å². The number of ether oxygens (including phenoxy) is 2. The van der Waals surface area contributed by atoms with Crippen molar-refractivity contribution in [1.82, 2.24) is 5.32 Å². The zero-order valence-electron chi connectivity index (χ0n) is 30.3. The average molecular weight is 690 g/mol. The summed E-state index contributed by atoms with van der Waals surface area (Å²) in [6.07, 6.45) is 1.44. The molecule has 0 saturated carbocycles. The first-order valence-corrected chi connectivity index (χ1v) is 15.6. The summed E-state index contributed by atoms with van der Waals surface area (Å²) in [5.74, 6) is 0.885. The second-order valence-electron chi connectivity index (χ2n) is 10.5. The van der Waals surface area contributed by atoms with Gasteiger partial charge in [-0.1, -0.05) is 73.5 Å². The lowest BCUT2D eigenvalue weighted by molar-refractivity contribution is -0.140. The maximum Gasteiger partial charge on any atom is 0.336 e. The molecule has 1 aliphatic carbocycles. The molecule has 0 aromatic heterocycles. The van der Waals surface area contributed by atoms with E-state index in [4.69, 9.17) is 33.8 Å². The second-order valence-corrected chi connectivity index (χ2v) is 10.5. The highest BCUT2D eigenvalue weighted by atomic mass is 16.5. The normalized spacial score (nSPS) is 13.6. The Morgan fingerprint density at radius 3 is 1.90 bits per heavy atom. The van der Waals surface area contributed by atoms with Crippen LogP contribution in [0.1, 0.15) is 73.8 Å². The number of allylic oxidation sites excluding steroid dienone is 3. The largest absolute Gasteiger partial charge is 0.508 e. The van der Waals surface area contributed by atoms with Crippen LogP contribution in [-0.2, 0) is 40.1 Å². The SMILES string of the molecule is C=O.C=O.C=O.C=O.CC.COc1ccccc1C1CC(=O)C2=C(C1)NC(C)=C(C(=O)OCc1cc(C)cc(C)c1)C2.Cc1cccc(O)c1. The average Bonchev–Trinajstić information content (AvgIpc) is 3.14. The van der Waals surface area contributed by atoms with Crippen molar-refractivity contribution in [1.29, 1.82) is 0 Å². The molecule has 10 heteroatoms. The number of methoxy groups -OCH3 is 1. The van der Waals surface area contributed by atoms with E-state index in [2.05, 4.69) is 11.4 Å². The standard InChI is InChI=1S/C27H29NO4.C7H8O.C2H6.4CH2O/c1-16-9-17(2)11-19(10-16)15-32-27(30)22-14-23-24(28-18(22)3)12-20(13-25(23)29)21-7-5-6-8-26(21)31-4;1-6-3-2-4-7(8)5-6;5*1-2/h5-11,20,28H,12-15H2,1-4H3;2-5,8H,1H3;1-2H3;4*1H2. The Labute approximate surface area is 296 Å². The molecule has 270 valence electrons. The molecule has 2 N–H and O–H groups in total. The van der Waals surface area contributed by atoms with Gasteiger partial charge in [0.25, 0.3) is 0 Å². The fourth-order valence-electron chi connectivity index (χ4n) is 5.37. The van der Waals surface area contributed by atoms with Crippen LogP contribution in [0.5, 0.6) is 11.5 Å². The van der Waals surface area contributed by atoms with Gasteiger partial charge in [-0.2, -0.15) is 0 Å². The van der Waals surface area contributed by atoms with E-state index in [1.54, 1.807) is 19.2 Å².